The molecule has 0 heterocycles. The third-order valence-corrected chi connectivity index (χ3v) is 5.22. The molecule has 0 aromatic rings. The van der Waals surface area contributed by atoms with Crippen LogP contribution in [0.5, 0.6) is 0 Å². The van der Waals surface area contributed by atoms with Crippen LogP contribution in [0.3, 0.4) is 0 Å². The molecule has 0 spiro atoms. The minimum absolute atomic E-state index is 0.770. The lowest BCUT2D eigenvalue weighted by Crippen LogP contribution is -2.29. The maximum absolute atomic E-state index is 2.58. The number of hydrogen-bond acceptors (Lipinski definition) is 0. The van der Waals surface area contributed by atoms with Gasteiger partial charge in [0.2, 0.25) is 0 Å². The number of hydrogen-bond donors (Lipinski definition) is 0. The Morgan fingerprint density at radius 3 is 2.08 bits per heavy atom. The lowest BCUT2D eigenvalue weighted by molar-refractivity contribution is 0.113. The zero-order valence-electron chi connectivity index (χ0n) is 8.89. The normalized spacial score (nSPS) is 47.3. The van der Waals surface area contributed by atoms with E-state index < -0.39 is 0 Å². The summed E-state index contributed by atoms with van der Waals surface area (Å²) in [6.07, 6.45) is 12.4. The molecule has 2 unspecified atom stereocenters. The van der Waals surface area contributed by atoms with Crippen LogP contribution in [0.25, 0.3) is 0 Å². The van der Waals surface area contributed by atoms with Crippen molar-refractivity contribution in [2.75, 3.05) is 0 Å². The molecule has 0 aromatic carbocycles. The first-order valence-electron chi connectivity index (χ1n) is 6.28. The van der Waals surface area contributed by atoms with Crippen molar-refractivity contribution in [2.24, 2.45) is 23.2 Å². The highest BCUT2D eigenvalue weighted by Crippen LogP contribution is 2.61. The summed E-state index contributed by atoms with van der Waals surface area (Å²) >= 11 is 0. The minimum atomic E-state index is 0.770. The topological polar surface area (TPSA) is 0 Å². The highest BCUT2D eigenvalue weighted by Gasteiger charge is 2.51. The fourth-order valence-electron chi connectivity index (χ4n) is 4.05. The molecule has 3 aliphatic rings. The predicted octanol–water partition coefficient (Wildman–Crippen LogP) is 4.00. The van der Waals surface area contributed by atoms with Gasteiger partial charge in [-0.25, -0.2) is 0 Å². The molecular formula is C13H22. The van der Waals surface area contributed by atoms with E-state index in [1.807, 2.05) is 0 Å². The summed E-state index contributed by atoms with van der Waals surface area (Å²) in [7, 11) is 0. The zero-order valence-corrected chi connectivity index (χ0v) is 8.89. The molecule has 0 saturated heterocycles. The molecule has 0 aliphatic heterocycles. The molecule has 3 rings (SSSR count). The van der Waals surface area contributed by atoms with Crippen molar-refractivity contribution >= 4 is 0 Å². The van der Waals surface area contributed by atoms with E-state index in [2.05, 4.69) is 6.92 Å². The van der Waals surface area contributed by atoms with Gasteiger partial charge in [-0.05, 0) is 55.3 Å². The first-order chi connectivity index (χ1) is 6.28. The van der Waals surface area contributed by atoms with Crippen molar-refractivity contribution in [3.8, 4) is 0 Å². The second-order valence-electron chi connectivity index (χ2n) is 6.14. The van der Waals surface area contributed by atoms with E-state index in [-0.39, 0.29) is 0 Å². The highest BCUT2D eigenvalue weighted by molar-refractivity contribution is 5.01. The molecule has 0 N–H and O–H groups in total. The minimum Gasteiger partial charge on any atom is -0.0594 e. The Hall–Kier alpha value is 0. The first kappa shape index (κ1) is 8.32. The summed E-state index contributed by atoms with van der Waals surface area (Å²) in [6, 6.07) is 0. The van der Waals surface area contributed by atoms with E-state index in [0.29, 0.717) is 0 Å². The van der Waals surface area contributed by atoms with Gasteiger partial charge < -0.3 is 0 Å². The smallest absolute Gasteiger partial charge is 0.0297 e. The molecule has 3 aliphatic carbocycles. The van der Waals surface area contributed by atoms with Gasteiger partial charge in [0.15, 0.2) is 0 Å². The van der Waals surface area contributed by atoms with Gasteiger partial charge in [0.05, 0.1) is 0 Å². The maximum Gasteiger partial charge on any atom is -0.0297 e. The van der Waals surface area contributed by atoms with Gasteiger partial charge >= 0.3 is 0 Å². The largest absolute Gasteiger partial charge is 0.0594 e. The Labute approximate surface area is 82.1 Å². The van der Waals surface area contributed by atoms with Gasteiger partial charge in [-0.3, -0.25) is 0 Å². The molecule has 0 radical (unpaired) electrons. The molecule has 0 heteroatoms. The summed E-state index contributed by atoms with van der Waals surface area (Å²) in [5.74, 6) is 3.49. The van der Waals surface area contributed by atoms with Crippen LogP contribution in [0.15, 0.2) is 0 Å². The molecule has 0 aromatic heterocycles. The monoisotopic (exact) mass is 178 g/mol. The maximum atomic E-state index is 2.58. The van der Waals surface area contributed by atoms with Crippen LogP contribution in [-0.2, 0) is 0 Å². The van der Waals surface area contributed by atoms with Gasteiger partial charge in [-0.1, -0.05) is 26.2 Å². The zero-order chi connectivity index (χ0) is 8.89. The van der Waals surface area contributed by atoms with Crippen LogP contribution in [0.4, 0.5) is 0 Å². The molecular weight excluding hydrogens is 156 g/mol. The molecule has 0 nitrogen and oxygen atoms in total. The van der Waals surface area contributed by atoms with Gasteiger partial charge in [0.1, 0.15) is 0 Å². The average Bonchev–Trinajstić information content (AvgIpc) is 2.75. The van der Waals surface area contributed by atoms with Crippen molar-refractivity contribution < 1.29 is 0 Å². The second kappa shape index (κ2) is 2.74. The predicted molar refractivity (Wildman–Crippen MR) is 55.5 cm³/mol. The van der Waals surface area contributed by atoms with E-state index in [0.717, 1.165) is 11.3 Å². The molecule has 74 valence electrons. The van der Waals surface area contributed by atoms with Crippen molar-refractivity contribution in [1.29, 1.82) is 0 Å². The first-order valence-corrected chi connectivity index (χ1v) is 6.28. The van der Waals surface area contributed by atoms with Crippen molar-refractivity contribution in [3.63, 3.8) is 0 Å². The average molecular weight is 178 g/mol. The number of fused-ring (bicyclic) bond motifs is 1. The summed E-state index contributed by atoms with van der Waals surface area (Å²) in [4.78, 5) is 0. The van der Waals surface area contributed by atoms with Gasteiger partial charge in [-0.2, -0.15) is 0 Å². The lowest BCUT2D eigenvalue weighted by Gasteiger charge is -2.40. The van der Waals surface area contributed by atoms with Gasteiger partial charge in [0, 0.05) is 0 Å². The molecule has 3 saturated carbocycles. The Balaban J connectivity index is 1.68. The van der Waals surface area contributed by atoms with E-state index in [4.69, 9.17) is 0 Å². The number of rotatable bonds is 1. The van der Waals surface area contributed by atoms with Crippen LogP contribution in [0, 0.1) is 23.2 Å². The summed E-state index contributed by atoms with van der Waals surface area (Å²) in [6.45, 7) is 2.58. The fraction of sp³-hybridized carbons (Fsp3) is 1.00. The molecule has 0 amide bonds. The molecule has 2 atom stereocenters. The third-order valence-electron chi connectivity index (χ3n) is 5.22. The quantitative estimate of drug-likeness (QED) is 0.569. The van der Waals surface area contributed by atoms with Crippen LogP contribution in [-0.4, -0.2) is 0 Å². The van der Waals surface area contributed by atoms with Crippen molar-refractivity contribution in [1.82, 2.24) is 0 Å². The highest BCUT2D eigenvalue weighted by atomic mass is 14.6. The van der Waals surface area contributed by atoms with Crippen molar-refractivity contribution in [2.45, 2.75) is 58.3 Å². The summed E-state index contributed by atoms with van der Waals surface area (Å²) < 4.78 is 0. The van der Waals surface area contributed by atoms with Crippen LogP contribution < -0.4 is 0 Å². The summed E-state index contributed by atoms with van der Waals surface area (Å²) in [5, 5.41) is 0. The standard InChI is InChI=1S/C13H22/c1-13(5-3-2-4-6-13)12-8-10-7-11(10)9-12/h10-12H,2-9H2,1H3. The molecule has 13 heavy (non-hydrogen) atoms. The Morgan fingerprint density at radius 1 is 0.846 bits per heavy atom. The Kier molecular flexibility index (Phi) is 1.76. The Bertz CT molecular complexity index is 190. The van der Waals surface area contributed by atoms with E-state index in [9.17, 15) is 0 Å². The van der Waals surface area contributed by atoms with E-state index in [1.54, 1.807) is 19.3 Å². The third kappa shape index (κ3) is 1.33. The van der Waals surface area contributed by atoms with Crippen LogP contribution >= 0.6 is 0 Å². The van der Waals surface area contributed by atoms with Crippen LogP contribution in [0.2, 0.25) is 0 Å². The molecule has 0 bridgehead atoms. The second-order valence-corrected chi connectivity index (χ2v) is 6.14. The van der Waals surface area contributed by atoms with Gasteiger partial charge in [-0.15, -0.1) is 0 Å². The van der Waals surface area contributed by atoms with Crippen LogP contribution in [0.1, 0.15) is 58.3 Å². The SMILES string of the molecule is CC1(C2CC3CC3C2)CCCCC1. The van der Waals surface area contributed by atoms with E-state index >= 15 is 0 Å². The lowest BCUT2D eigenvalue weighted by atomic mass is 9.66. The summed E-state index contributed by atoms with van der Waals surface area (Å²) in [5.41, 5.74) is 0.770. The van der Waals surface area contributed by atoms with Crippen molar-refractivity contribution in [3.05, 3.63) is 0 Å². The molecule has 3 fully saturated rings. The van der Waals surface area contributed by atoms with Gasteiger partial charge in [0.25, 0.3) is 0 Å². The van der Waals surface area contributed by atoms with E-state index in [1.165, 1.54) is 43.9 Å². The Morgan fingerprint density at radius 2 is 1.46 bits per heavy atom. The fourth-order valence-corrected chi connectivity index (χ4v) is 4.05.